The summed E-state index contributed by atoms with van der Waals surface area (Å²) in [6.07, 6.45) is 1.94. The third-order valence-corrected chi connectivity index (χ3v) is 5.25. The van der Waals surface area contributed by atoms with Crippen LogP contribution in [-0.4, -0.2) is 59.1 Å². The minimum Gasteiger partial charge on any atom is -0.363 e. The Balaban J connectivity index is 1.61. The summed E-state index contributed by atoms with van der Waals surface area (Å²) in [5.41, 5.74) is 2.02. The van der Waals surface area contributed by atoms with Crippen molar-refractivity contribution in [2.75, 3.05) is 26.7 Å². The highest BCUT2D eigenvalue weighted by atomic mass is 16.5. The minimum atomic E-state index is -0.167. The van der Waals surface area contributed by atoms with Crippen molar-refractivity contribution in [3.63, 3.8) is 0 Å². The Morgan fingerprint density at radius 2 is 2.09 bits per heavy atom. The highest BCUT2D eigenvalue weighted by molar-refractivity contribution is 5.78. The summed E-state index contributed by atoms with van der Waals surface area (Å²) in [5.74, 6) is 0.0875. The second kappa shape index (κ2) is 5.97. The predicted octanol–water partition coefficient (Wildman–Crippen LogP) is 1.60. The number of carbonyl (C=O) groups excluding carboxylic acids is 1. The Kier molecular flexibility index (Phi) is 4.19. The third kappa shape index (κ3) is 2.88. The van der Waals surface area contributed by atoms with Crippen LogP contribution in [0.15, 0.2) is 18.2 Å². The molecule has 1 aromatic rings. The highest BCUT2D eigenvalue weighted by Gasteiger charge is 2.46. The van der Waals surface area contributed by atoms with Crippen molar-refractivity contribution in [2.24, 2.45) is 0 Å². The van der Waals surface area contributed by atoms with Gasteiger partial charge in [0.05, 0.1) is 17.3 Å². The quantitative estimate of drug-likeness (QED) is 0.832. The van der Waals surface area contributed by atoms with Crippen LogP contribution < -0.4 is 0 Å². The molecule has 1 amide bonds. The normalized spacial score (nSPS) is 25.7. The van der Waals surface area contributed by atoms with Gasteiger partial charge >= 0.3 is 0 Å². The van der Waals surface area contributed by atoms with Crippen LogP contribution in [0.4, 0.5) is 0 Å². The van der Waals surface area contributed by atoms with E-state index in [1.807, 2.05) is 24.9 Å². The number of pyridine rings is 1. The number of likely N-dealkylation sites (N-methyl/N-ethyl adjacent to an activating group) is 1. The van der Waals surface area contributed by atoms with Gasteiger partial charge in [-0.15, -0.1) is 0 Å². The van der Waals surface area contributed by atoms with Crippen molar-refractivity contribution < 1.29 is 9.53 Å². The lowest BCUT2D eigenvalue weighted by molar-refractivity contribution is -0.183. The molecule has 120 valence electrons. The fraction of sp³-hybridized carbons (Fsp3) is 0.647. The maximum Gasteiger partial charge on any atom is 0.248 e. The number of likely N-dealkylation sites (tertiary alicyclic amines) is 1. The van der Waals surface area contributed by atoms with Crippen LogP contribution in [0.25, 0.3) is 0 Å². The standard InChI is InChI=1S/C17H25N3O2/c1-13-5-4-6-15(18-13)11-20-9-7-17(8-10-20)14(2)19(3)16(21)12-22-17/h4-6,14H,7-12H2,1-3H3. The first-order chi connectivity index (χ1) is 10.5. The molecule has 2 aliphatic heterocycles. The molecule has 0 bridgehead atoms. The number of nitrogens with zero attached hydrogens (tertiary/aromatic N) is 3. The van der Waals surface area contributed by atoms with Crippen molar-refractivity contribution >= 4 is 5.91 Å². The Morgan fingerprint density at radius 3 is 2.77 bits per heavy atom. The van der Waals surface area contributed by atoms with Gasteiger partial charge in [0.15, 0.2) is 0 Å². The number of hydrogen-bond acceptors (Lipinski definition) is 4. The van der Waals surface area contributed by atoms with Crippen molar-refractivity contribution in [1.82, 2.24) is 14.8 Å². The molecule has 1 aromatic heterocycles. The molecule has 5 nitrogen and oxygen atoms in total. The van der Waals surface area contributed by atoms with Crippen LogP contribution in [-0.2, 0) is 16.1 Å². The average molecular weight is 303 g/mol. The van der Waals surface area contributed by atoms with Gasteiger partial charge in [-0.3, -0.25) is 14.7 Å². The number of ether oxygens (including phenoxy) is 1. The molecule has 1 spiro atoms. The molecule has 2 aliphatic rings. The van der Waals surface area contributed by atoms with Gasteiger partial charge in [-0.2, -0.15) is 0 Å². The summed E-state index contributed by atoms with van der Waals surface area (Å²) < 4.78 is 5.99. The van der Waals surface area contributed by atoms with Crippen molar-refractivity contribution in [3.05, 3.63) is 29.6 Å². The van der Waals surface area contributed by atoms with E-state index in [4.69, 9.17) is 4.74 Å². The third-order valence-electron chi connectivity index (χ3n) is 5.25. The van der Waals surface area contributed by atoms with Gasteiger partial charge in [-0.05, 0) is 38.8 Å². The lowest BCUT2D eigenvalue weighted by Crippen LogP contribution is -2.62. The molecular weight excluding hydrogens is 278 g/mol. The molecule has 0 aliphatic carbocycles. The van der Waals surface area contributed by atoms with E-state index in [9.17, 15) is 4.79 Å². The van der Waals surface area contributed by atoms with E-state index in [2.05, 4.69) is 28.9 Å². The van der Waals surface area contributed by atoms with E-state index < -0.39 is 0 Å². The molecule has 1 unspecified atom stereocenters. The van der Waals surface area contributed by atoms with E-state index in [0.29, 0.717) is 0 Å². The summed E-state index contributed by atoms with van der Waals surface area (Å²) in [4.78, 5) is 20.6. The lowest BCUT2D eigenvalue weighted by atomic mass is 9.83. The predicted molar refractivity (Wildman–Crippen MR) is 84.4 cm³/mol. The molecule has 0 saturated carbocycles. The Labute approximate surface area is 132 Å². The number of piperidine rings is 1. The summed E-state index contributed by atoms with van der Waals surface area (Å²) >= 11 is 0. The number of hydrogen-bond donors (Lipinski definition) is 0. The van der Waals surface area contributed by atoms with Crippen LogP contribution in [0, 0.1) is 6.92 Å². The SMILES string of the molecule is Cc1cccc(CN2CCC3(CC2)OCC(=O)N(C)C3C)n1. The maximum atomic E-state index is 11.8. The lowest BCUT2D eigenvalue weighted by Gasteiger charge is -2.50. The van der Waals surface area contributed by atoms with Gasteiger partial charge in [0, 0.05) is 32.4 Å². The van der Waals surface area contributed by atoms with Crippen LogP contribution >= 0.6 is 0 Å². The average Bonchev–Trinajstić information content (AvgIpc) is 2.51. The first-order valence-electron chi connectivity index (χ1n) is 8.05. The molecule has 5 heteroatoms. The Morgan fingerprint density at radius 1 is 1.36 bits per heavy atom. The van der Waals surface area contributed by atoms with E-state index in [0.717, 1.165) is 43.9 Å². The molecule has 22 heavy (non-hydrogen) atoms. The monoisotopic (exact) mass is 303 g/mol. The zero-order valence-corrected chi connectivity index (χ0v) is 13.7. The summed E-state index contributed by atoms with van der Waals surface area (Å²) in [6, 6.07) is 6.33. The summed E-state index contributed by atoms with van der Waals surface area (Å²) in [6.45, 7) is 7.22. The summed E-state index contributed by atoms with van der Waals surface area (Å²) in [5, 5.41) is 0. The maximum absolute atomic E-state index is 11.8. The Bertz CT molecular complexity index is 553. The molecule has 1 atom stereocenters. The van der Waals surface area contributed by atoms with Gasteiger partial charge < -0.3 is 9.64 Å². The van der Waals surface area contributed by atoms with Gasteiger partial charge in [0.25, 0.3) is 0 Å². The smallest absolute Gasteiger partial charge is 0.248 e. The van der Waals surface area contributed by atoms with E-state index >= 15 is 0 Å². The molecule has 0 radical (unpaired) electrons. The number of carbonyl (C=O) groups is 1. The molecule has 0 N–H and O–H groups in total. The fourth-order valence-electron chi connectivity index (χ4n) is 3.57. The van der Waals surface area contributed by atoms with Crippen molar-refractivity contribution in [2.45, 2.75) is 44.9 Å². The van der Waals surface area contributed by atoms with Gasteiger partial charge in [-0.25, -0.2) is 0 Å². The van der Waals surface area contributed by atoms with Crippen LogP contribution in [0.5, 0.6) is 0 Å². The molecule has 2 saturated heterocycles. The number of amides is 1. The zero-order chi connectivity index (χ0) is 15.7. The fourth-order valence-corrected chi connectivity index (χ4v) is 3.57. The van der Waals surface area contributed by atoms with Crippen molar-refractivity contribution in [3.8, 4) is 0 Å². The first kappa shape index (κ1) is 15.4. The number of morpholine rings is 1. The van der Waals surface area contributed by atoms with Gasteiger partial charge in [0.2, 0.25) is 5.91 Å². The van der Waals surface area contributed by atoms with E-state index in [1.54, 1.807) is 0 Å². The van der Waals surface area contributed by atoms with Gasteiger partial charge in [0.1, 0.15) is 6.61 Å². The first-order valence-corrected chi connectivity index (χ1v) is 8.05. The number of aryl methyl sites for hydroxylation is 1. The second-order valence-electron chi connectivity index (χ2n) is 6.58. The molecule has 2 fully saturated rings. The minimum absolute atomic E-state index is 0.0875. The van der Waals surface area contributed by atoms with Crippen LogP contribution in [0.3, 0.4) is 0 Å². The zero-order valence-electron chi connectivity index (χ0n) is 13.7. The number of rotatable bonds is 2. The van der Waals surface area contributed by atoms with Crippen LogP contribution in [0.2, 0.25) is 0 Å². The second-order valence-corrected chi connectivity index (χ2v) is 6.58. The molecule has 0 aromatic carbocycles. The summed E-state index contributed by atoms with van der Waals surface area (Å²) in [7, 11) is 1.89. The highest BCUT2D eigenvalue weighted by Crippen LogP contribution is 2.35. The van der Waals surface area contributed by atoms with Gasteiger partial charge in [-0.1, -0.05) is 6.07 Å². The van der Waals surface area contributed by atoms with E-state index in [1.165, 1.54) is 0 Å². The van der Waals surface area contributed by atoms with Crippen molar-refractivity contribution in [1.29, 1.82) is 0 Å². The Hall–Kier alpha value is -1.46. The molecular formula is C17H25N3O2. The number of aromatic nitrogens is 1. The molecule has 3 rings (SSSR count). The molecule has 3 heterocycles. The topological polar surface area (TPSA) is 45.7 Å². The largest absolute Gasteiger partial charge is 0.363 e. The van der Waals surface area contributed by atoms with E-state index in [-0.39, 0.29) is 24.2 Å². The van der Waals surface area contributed by atoms with Crippen LogP contribution in [0.1, 0.15) is 31.2 Å².